The molecule has 5 heteroatoms. The molecule has 0 saturated carbocycles. The zero-order chi connectivity index (χ0) is 13.1. The molecule has 0 radical (unpaired) electrons. The summed E-state index contributed by atoms with van der Waals surface area (Å²) in [6, 6.07) is -0.126. The van der Waals surface area contributed by atoms with E-state index in [4.69, 9.17) is 0 Å². The van der Waals surface area contributed by atoms with Gasteiger partial charge >= 0.3 is 0 Å². The molecule has 0 aromatic heterocycles. The van der Waals surface area contributed by atoms with E-state index in [1.54, 1.807) is 20.8 Å². The molecule has 0 aromatic carbocycles. The highest BCUT2D eigenvalue weighted by Crippen LogP contribution is 2.18. The van der Waals surface area contributed by atoms with E-state index >= 15 is 0 Å². The number of carbonyl (C=O) groups excluding carboxylic acids is 1. The molecule has 1 saturated heterocycles. The van der Waals surface area contributed by atoms with E-state index in [-0.39, 0.29) is 24.0 Å². The second kappa shape index (κ2) is 5.48. The molecule has 0 aromatic rings. The third-order valence-electron chi connectivity index (χ3n) is 3.25. The van der Waals surface area contributed by atoms with Crippen LogP contribution >= 0.6 is 0 Å². The Morgan fingerprint density at radius 2 is 1.94 bits per heavy atom. The van der Waals surface area contributed by atoms with E-state index in [2.05, 4.69) is 5.32 Å². The summed E-state index contributed by atoms with van der Waals surface area (Å²) in [5, 5.41) is 3.15. The van der Waals surface area contributed by atoms with Crippen LogP contribution in [0.25, 0.3) is 0 Å². The van der Waals surface area contributed by atoms with Gasteiger partial charge in [0.2, 0.25) is 0 Å². The molecule has 1 aliphatic rings. The topological polar surface area (TPSA) is 63.2 Å². The molecule has 1 unspecified atom stereocenters. The van der Waals surface area contributed by atoms with Crippen LogP contribution in [0.5, 0.6) is 0 Å². The molecule has 4 nitrogen and oxygen atoms in total. The quantitative estimate of drug-likeness (QED) is 0.828. The Morgan fingerprint density at radius 3 is 2.41 bits per heavy atom. The van der Waals surface area contributed by atoms with Gasteiger partial charge < -0.3 is 5.32 Å². The van der Waals surface area contributed by atoms with Crippen LogP contribution in [0.4, 0.5) is 0 Å². The van der Waals surface area contributed by atoms with Crippen molar-refractivity contribution in [2.45, 2.75) is 57.2 Å². The van der Waals surface area contributed by atoms with Crippen molar-refractivity contribution >= 4 is 15.6 Å². The number of carbonyl (C=O) groups is 1. The van der Waals surface area contributed by atoms with Gasteiger partial charge in [0.05, 0.1) is 16.5 Å². The summed E-state index contributed by atoms with van der Waals surface area (Å²) in [4.78, 5) is 11.8. The first-order chi connectivity index (χ1) is 7.74. The fourth-order valence-corrected chi connectivity index (χ4v) is 2.92. The van der Waals surface area contributed by atoms with Crippen molar-refractivity contribution in [1.82, 2.24) is 5.32 Å². The summed E-state index contributed by atoms with van der Waals surface area (Å²) in [6.07, 6.45) is 3.13. The summed E-state index contributed by atoms with van der Waals surface area (Å²) >= 11 is 0. The minimum atomic E-state index is -3.18. The summed E-state index contributed by atoms with van der Waals surface area (Å²) in [5.41, 5.74) is 0. The number of ketones is 1. The van der Waals surface area contributed by atoms with Gasteiger partial charge in [-0.05, 0) is 40.2 Å². The standard InChI is InChI=1S/C12H23NO3S/c1-12(2,3)17(15,16)9-7-11(14)10-6-4-5-8-13-10/h10,13H,4-9H2,1-3H3. The molecule has 0 aliphatic carbocycles. The third kappa shape index (κ3) is 4.07. The van der Waals surface area contributed by atoms with Crippen LogP contribution in [0.15, 0.2) is 0 Å². The molecule has 0 amide bonds. The number of sulfone groups is 1. The average molecular weight is 261 g/mol. The second-order valence-electron chi connectivity index (χ2n) is 5.65. The van der Waals surface area contributed by atoms with E-state index < -0.39 is 14.6 Å². The highest BCUT2D eigenvalue weighted by atomic mass is 32.2. The largest absolute Gasteiger partial charge is 0.307 e. The molecule has 1 aliphatic heterocycles. The van der Waals surface area contributed by atoms with Crippen molar-refractivity contribution in [1.29, 1.82) is 0 Å². The van der Waals surface area contributed by atoms with Crippen LogP contribution in [-0.4, -0.2) is 37.3 Å². The molecular weight excluding hydrogens is 238 g/mol. The lowest BCUT2D eigenvalue weighted by Crippen LogP contribution is -2.41. The lowest BCUT2D eigenvalue weighted by Gasteiger charge is -2.23. The van der Waals surface area contributed by atoms with Gasteiger partial charge in [0, 0.05) is 6.42 Å². The number of nitrogens with one attached hydrogen (secondary N) is 1. The van der Waals surface area contributed by atoms with Crippen molar-refractivity contribution in [3.05, 3.63) is 0 Å². The highest BCUT2D eigenvalue weighted by Gasteiger charge is 2.30. The SMILES string of the molecule is CC(C)(C)S(=O)(=O)CCC(=O)C1CCCCN1. The normalized spacial score (nSPS) is 22.4. The summed E-state index contributed by atoms with van der Waals surface area (Å²) < 4.78 is 23.0. The van der Waals surface area contributed by atoms with Gasteiger partial charge in [-0.1, -0.05) is 6.42 Å². The van der Waals surface area contributed by atoms with E-state index in [9.17, 15) is 13.2 Å². The predicted molar refractivity (Wildman–Crippen MR) is 68.8 cm³/mol. The van der Waals surface area contributed by atoms with Gasteiger partial charge in [-0.25, -0.2) is 8.42 Å². The summed E-state index contributed by atoms with van der Waals surface area (Å²) in [6.45, 7) is 5.88. The molecule has 1 rings (SSSR count). The van der Waals surface area contributed by atoms with E-state index in [1.165, 1.54) is 0 Å². The van der Waals surface area contributed by atoms with E-state index in [1.807, 2.05) is 0 Å². The van der Waals surface area contributed by atoms with Crippen LogP contribution < -0.4 is 5.32 Å². The maximum atomic E-state index is 11.9. The first kappa shape index (κ1) is 14.6. The second-order valence-corrected chi connectivity index (χ2v) is 8.51. The molecule has 17 heavy (non-hydrogen) atoms. The van der Waals surface area contributed by atoms with E-state index in [0.29, 0.717) is 0 Å². The molecule has 0 spiro atoms. The van der Waals surface area contributed by atoms with Crippen LogP contribution in [-0.2, 0) is 14.6 Å². The number of hydrogen-bond donors (Lipinski definition) is 1. The van der Waals surface area contributed by atoms with Crippen LogP contribution in [0.3, 0.4) is 0 Å². The third-order valence-corrected chi connectivity index (χ3v) is 5.86. The molecule has 100 valence electrons. The molecule has 0 bridgehead atoms. The Balaban J connectivity index is 2.48. The Hall–Kier alpha value is -0.420. The van der Waals surface area contributed by atoms with E-state index in [0.717, 1.165) is 25.8 Å². The predicted octanol–water partition coefficient (Wildman–Crippen LogP) is 1.30. The summed E-state index contributed by atoms with van der Waals surface area (Å²) in [5.74, 6) is 0.00516. The van der Waals surface area contributed by atoms with Crippen molar-refractivity contribution < 1.29 is 13.2 Å². The van der Waals surface area contributed by atoms with Gasteiger partial charge in [0.1, 0.15) is 0 Å². The minimum Gasteiger partial charge on any atom is -0.307 e. The number of hydrogen-bond acceptors (Lipinski definition) is 4. The zero-order valence-electron chi connectivity index (χ0n) is 11.0. The van der Waals surface area contributed by atoms with Crippen molar-refractivity contribution in [3.63, 3.8) is 0 Å². The van der Waals surface area contributed by atoms with Crippen LogP contribution in [0.1, 0.15) is 46.5 Å². The Bertz CT molecular complexity index is 362. The zero-order valence-corrected chi connectivity index (χ0v) is 11.8. The molecule has 1 fully saturated rings. The Labute approximate surface area is 104 Å². The molecule has 1 atom stereocenters. The maximum Gasteiger partial charge on any atom is 0.155 e. The lowest BCUT2D eigenvalue weighted by molar-refractivity contribution is -0.121. The number of Topliss-reactive ketones (excluding diaryl/α,β-unsaturated/α-hetero) is 1. The first-order valence-corrected chi connectivity index (χ1v) is 7.88. The van der Waals surface area contributed by atoms with Gasteiger partial charge in [-0.3, -0.25) is 4.79 Å². The van der Waals surface area contributed by atoms with Crippen molar-refractivity contribution in [3.8, 4) is 0 Å². The monoisotopic (exact) mass is 261 g/mol. The first-order valence-electron chi connectivity index (χ1n) is 6.22. The van der Waals surface area contributed by atoms with Gasteiger partial charge in [0.15, 0.2) is 15.6 Å². The fraction of sp³-hybridized carbons (Fsp3) is 0.917. The number of piperidine rings is 1. The molecule has 1 heterocycles. The van der Waals surface area contributed by atoms with Gasteiger partial charge in [-0.15, -0.1) is 0 Å². The highest BCUT2D eigenvalue weighted by molar-refractivity contribution is 7.92. The maximum absolute atomic E-state index is 11.9. The number of rotatable bonds is 4. The van der Waals surface area contributed by atoms with Gasteiger partial charge in [-0.2, -0.15) is 0 Å². The average Bonchev–Trinajstić information content (AvgIpc) is 2.25. The van der Waals surface area contributed by atoms with Crippen LogP contribution in [0, 0.1) is 0 Å². The van der Waals surface area contributed by atoms with Crippen LogP contribution in [0.2, 0.25) is 0 Å². The minimum absolute atomic E-state index is 0.0342. The van der Waals surface area contributed by atoms with Gasteiger partial charge in [0.25, 0.3) is 0 Å². The smallest absolute Gasteiger partial charge is 0.155 e. The summed E-state index contributed by atoms with van der Waals surface area (Å²) in [7, 11) is -3.18. The lowest BCUT2D eigenvalue weighted by atomic mass is 10.00. The molecule has 1 N–H and O–H groups in total. The van der Waals surface area contributed by atoms with Crippen molar-refractivity contribution in [2.24, 2.45) is 0 Å². The fourth-order valence-electron chi connectivity index (χ4n) is 1.84. The Morgan fingerprint density at radius 1 is 1.29 bits per heavy atom. The Kier molecular flexibility index (Phi) is 4.72. The van der Waals surface area contributed by atoms with Crippen molar-refractivity contribution in [2.75, 3.05) is 12.3 Å². The molecular formula is C12H23NO3S.